The predicted octanol–water partition coefficient (Wildman–Crippen LogP) is 3.84. The summed E-state index contributed by atoms with van der Waals surface area (Å²) in [5, 5.41) is 0.632. The molecule has 2 aromatic carbocycles. The monoisotopic (exact) mass is 456 g/mol. The summed E-state index contributed by atoms with van der Waals surface area (Å²) < 4.78 is 10.8. The van der Waals surface area contributed by atoms with E-state index in [1.165, 1.54) is 5.56 Å². The normalized spacial score (nSPS) is 17.0. The smallest absolute Gasteiger partial charge is 0.237 e. The lowest BCUT2D eigenvalue weighted by Gasteiger charge is -2.34. The second-order valence-corrected chi connectivity index (χ2v) is 8.90. The number of hydrogen-bond donors (Lipinski definition) is 0. The maximum absolute atomic E-state index is 13.0. The summed E-state index contributed by atoms with van der Waals surface area (Å²) in [4.78, 5) is 29.8. The molecule has 0 N–H and O–H groups in total. The largest absolute Gasteiger partial charge is 0.493 e. The van der Waals surface area contributed by atoms with Crippen LogP contribution in [0.25, 0.3) is 0 Å². The molecule has 2 aliphatic heterocycles. The van der Waals surface area contributed by atoms with Crippen molar-refractivity contribution >= 4 is 23.3 Å². The number of hydrogen-bond acceptors (Lipinski definition) is 5. The molecule has 0 aliphatic carbocycles. The van der Waals surface area contributed by atoms with Gasteiger partial charge in [-0.15, -0.1) is 0 Å². The molecule has 170 valence electrons. The summed E-state index contributed by atoms with van der Waals surface area (Å²) in [6.45, 7) is 3.19. The molecule has 1 fully saturated rings. The molecule has 0 saturated carbocycles. The quantitative estimate of drug-likeness (QED) is 0.618. The van der Waals surface area contributed by atoms with Crippen molar-refractivity contribution in [2.75, 3.05) is 40.4 Å². The molecule has 1 saturated heterocycles. The average Bonchev–Trinajstić information content (AvgIpc) is 2.83. The summed E-state index contributed by atoms with van der Waals surface area (Å²) in [5.41, 5.74) is 3.02. The molecule has 2 aliphatic rings. The second-order valence-electron chi connectivity index (χ2n) is 8.46. The van der Waals surface area contributed by atoms with Gasteiger partial charge < -0.3 is 14.4 Å². The molecule has 32 heavy (non-hydrogen) atoms. The van der Waals surface area contributed by atoms with Crippen LogP contribution in [0.5, 0.6) is 11.5 Å². The average molecular weight is 457 g/mol. The summed E-state index contributed by atoms with van der Waals surface area (Å²) in [6.07, 6.45) is 2.35. The van der Waals surface area contributed by atoms with Crippen LogP contribution in [-0.4, -0.2) is 61.9 Å². The number of Topliss-reactive ketones (excluding diaryl/α,β-unsaturated/α-hetero) is 1. The first-order valence-electron chi connectivity index (χ1n) is 11.0. The fraction of sp³-hybridized carbons (Fsp3) is 0.440. The van der Waals surface area contributed by atoms with E-state index in [9.17, 15) is 9.59 Å². The molecule has 1 amide bonds. The minimum absolute atomic E-state index is 0.00633. The van der Waals surface area contributed by atoms with Gasteiger partial charge in [-0.3, -0.25) is 14.5 Å². The maximum atomic E-state index is 13.0. The van der Waals surface area contributed by atoms with Crippen molar-refractivity contribution in [3.63, 3.8) is 0 Å². The van der Waals surface area contributed by atoms with Gasteiger partial charge in [0.25, 0.3) is 0 Å². The number of likely N-dealkylation sites (tertiary alicyclic amines) is 1. The van der Waals surface area contributed by atoms with Crippen LogP contribution in [0.15, 0.2) is 36.4 Å². The third kappa shape index (κ3) is 4.92. The third-order valence-electron chi connectivity index (χ3n) is 6.52. The Bertz CT molecular complexity index is 984. The molecule has 0 bridgehead atoms. The van der Waals surface area contributed by atoms with Crippen LogP contribution < -0.4 is 9.47 Å². The first-order chi connectivity index (χ1) is 15.5. The first kappa shape index (κ1) is 22.6. The van der Waals surface area contributed by atoms with Gasteiger partial charge in [-0.2, -0.15) is 0 Å². The van der Waals surface area contributed by atoms with Crippen LogP contribution in [0, 0.1) is 5.92 Å². The van der Waals surface area contributed by atoms with E-state index in [4.69, 9.17) is 21.1 Å². The SMILES string of the molecule is COc1cc2c(cc1OC)CN(C(=O)CN1CCC(C(=O)c3ccc(Cl)cc3)CC1)CC2. The van der Waals surface area contributed by atoms with Crippen molar-refractivity contribution in [2.24, 2.45) is 5.92 Å². The third-order valence-corrected chi connectivity index (χ3v) is 6.77. The summed E-state index contributed by atoms with van der Waals surface area (Å²) >= 11 is 5.92. The molecule has 4 rings (SSSR count). The Morgan fingerprint density at radius 3 is 2.22 bits per heavy atom. The van der Waals surface area contributed by atoms with Gasteiger partial charge in [0.15, 0.2) is 17.3 Å². The number of fused-ring (bicyclic) bond motifs is 1. The first-order valence-corrected chi connectivity index (χ1v) is 11.4. The van der Waals surface area contributed by atoms with E-state index < -0.39 is 0 Å². The van der Waals surface area contributed by atoms with Gasteiger partial charge in [-0.1, -0.05) is 11.6 Å². The number of rotatable bonds is 6. The molecule has 2 aromatic rings. The number of ketones is 1. The topological polar surface area (TPSA) is 59.1 Å². The van der Waals surface area contributed by atoms with E-state index >= 15 is 0 Å². The van der Waals surface area contributed by atoms with Crippen LogP contribution in [0.1, 0.15) is 34.3 Å². The number of piperidine rings is 1. The number of benzene rings is 2. The van der Waals surface area contributed by atoms with Crippen molar-refractivity contribution in [1.82, 2.24) is 9.80 Å². The standard InChI is InChI=1S/C25H29ClN2O4/c1-31-22-13-19-9-12-28(15-20(19)14-23(22)32-2)24(29)16-27-10-7-18(8-11-27)25(30)17-3-5-21(26)6-4-17/h3-6,13-14,18H,7-12,15-16H2,1-2H3. The number of ether oxygens (including phenoxy) is 2. The zero-order valence-corrected chi connectivity index (χ0v) is 19.4. The van der Waals surface area contributed by atoms with Crippen molar-refractivity contribution in [3.05, 3.63) is 58.1 Å². The zero-order chi connectivity index (χ0) is 22.7. The van der Waals surface area contributed by atoms with E-state index in [-0.39, 0.29) is 17.6 Å². The zero-order valence-electron chi connectivity index (χ0n) is 18.6. The van der Waals surface area contributed by atoms with E-state index in [1.54, 1.807) is 38.5 Å². The van der Waals surface area contributed by atoms with E-state index in [0.717, 1.165) is 43.7 Å². The Kier molecular flexibility index (Phi) is 7.01. The summed E-state index contributed by atoms with van der Waals surface area (Å²) in [7, 11) is 3.26. The van der Waals surface area contributed by atoms with Gasteiger partial charge in [0.2, 0.25) is 5.91 Å². The van der Waals surface area contributed by atoms with Crippen molar-refractivity contribution in [1.29, 1.82) is 0 Å². The predicted molar refractivity (Wildman–Crippen MR) is 124 cm³/mol. The fourth-order valence-corrected chi connectivity index (χ4v) is 4.72. The van der Waals surface area contributed by atoms with Crippen LogP contribution in [-0.2, 0) is 17.8 Å². The van der Waals surface area contributed by atoms with Crippen molar-refractivity contribution in [3.8, 4) is 11.5 Å². The van der Waals surface area contributed by atoms with E-state index in [2.05, 4.69) is 4.90 Å². The number of carbonyl (C=O) groups excluding carboxylic acids is 2. The van der Waals surface area contributed by atoms with E-state index in [0.29, 0.717) is 36.0 Å². The highest BCUT2D eigenvalue weighted by Crippen LogP contribution is 2.33. The van der Waals surface area contributed by atoms with Gasteiger partial charge in [0.1, 0.15) is 0 Å². The lowest BCUT2D eigenvalue weighted by Crippen LogP contribution is -2.45. The Labute approximate surface area is 194 Å². The molecule has 7 heteroatoms. The number of nitrogens with zero attached hydrogens (tertiary/aromatic N) is 2. The molecule has 0 unspecified atom stereocenters. The molecular weight excluding hydrogens is 428 g/mol. The Balaban J connectivity index is 1.31. The number of amides is 1. The van der Waals surface area contributed by atoms with Gasteiger partial charge in [0.05, 0.1) is 20.8 Å². The number of carbonyl (C=O) groups is 2. The number of methoxy groups -OCH3 is 2. The van der Waals surface area contributed by atoms with Crippen LogP contribution in [0.4, 0.5) is 0 Å². The molecule has 0 radical (unpaired) electrons. The minimum Gasteiger partial charge on any atom is -0.493 e. The fourth-order valence-electron chi connectivity index (χ4n) is 4.59. The molecule has 0 atom stereocenters. The lowest BCUT2D eigenvalue weighted by molar-refractivity contribution is -0.133. The van der Waals surface area contributed by atoms with Gasteiger partial charge >= 0.3 is 0 Å². The maximum Gasteiger partial charge on any atom is 0.237 e. The Morgan fingerprint density at radius 2 is 1.59 bits per heavy atom. The summed E-state index contributed by atoms with van der Waals surface area (Å²) in [5.74, 6) is 1.72. The van der Waals surface area contributed by atoms with Gasteiger partial charge in [-0.25, -0.2) is 0 Å². The Hall–Kier alpha value is -2.57. The van der Waals surface area contributed by atoms with E-state index in [1.807, 2.05) is 17.0 Å². The molecule has 0 aromatic heterocycles. The van der Waals surface area contributed by atoms with Crippen molar-refractivity contribution in [2.45, 2.75) is 25.8 Å². The second kappa shape index (κ2) is 9.92. The van der Waals surface area contributed by atoms with Crippen LogP contribution in [0.3, 0.4) is 0 Å². The highest BCUT2D eigenvalue weighted by Gasteiger charge is 2.29. The van der Waals surface area contributed by atoms with Crippen molar-refractivity contribution < 1.29 is 19.1 Å². The summed E-state index contributed by atoms with van der Waals surface area (Å²) in [6, 6.07) is 11.1. The van der Waals surface area contributed by atoms with Crippen LogP contribution >= 0.6 is 11.6 Å². The van der Waals surface area contributed by atoms with Gasteiger partial charge in [0, 0.05) is 29.6 Å². The number of halogens is 1. The molecule has 6 nitrogen and oxygen atoms in total. The van der Waals surface area contributed by atoms with Gasteiger partial charge in [-0.05, 0) is 79.9 Å². The molecule has 0 spiro atoms. The highest BCUT2D eigenvalue weighted by molar-refractivity contribution is 6.30. The minimum atomic E-state index is 0.00633. The molecular formula is C25H29ClN2O4. The Morgan fingerprint density at radius 1 is 0.969 bits per heavy atom. The highest BCUT2D eigenvalue weighted by atomic mass is 35.5. The molecule has 2 heterocycles. The lowest BCUT2D eigenvalue weighted by atomic mass is 9.89. The van der Waals surface area contributed by atoms with Crippen LogP contribution in [0.2, 0.25) is 5.02 Å².